The number of rotatable bonds is 6. The molecule has 130 valence electrons. The summed E-state index contributed by atoms with van der Waals surface area (Å²) in [7, 11) is 0. The Labute approximate surface area is 146 Å². The van der Waals surface area contributed by atoms with Crippen molar-refractivity contribution < 1.29 is 4.79 Å². The Bertz CT molecular complexity index is 852. The monoisotopic (exact) mass is 338 g/mol. The van der Waals surface area contributed by atoms with Crippen LogP contribution in [0.2, 0.25) is 0 Å². The lowest BCUT2D eigenvalue weighted by molar-refractivity contribution is 0.0936. The fourth-order valence-corrected chi connectivity index (χ4v) is 2.78. The number of aromatic nitrogens is 5. The van der Waals surface area contributed by atoms with Gasteiger partial charge in [-0.3, -0.25) is 14.2 Å². The van der Waals surface area contributed by atoms with E-state index in [4.69, 9.17) is 0 Å². The van der Waals surface area contributed by atoms with Crippen molar-refractivity contribution in [1.82, 2.24) is 29.9 Å². The second-order valence-corrected chi connectivity index (χ2v) is 6.28. The molecule has 2 aromatic heterocycles. The van der Waals surface area contributed by atoms with Crippen LogP contribution in [0.15, 0.2) is 43.0 Å². The molecule has 7 nitrogen and oxygen atoms in total. The normalized spacial score (nSPS) is 12.1. The topological polar surface area (TPSA) is 77.6 Å². The molecule has 1 aromatic carbocycles. The first kappa shape index (κ1) is 16.9. The van der Waals surface area contributed by atoms with Gasteiger partial charge in [0.05, 0.1) is 18.8 Å². The average molecular weight is 338 g/mol. The fraction of sp³-hybridized carbons (Fsp3) is 0.333. The van der Waals surface area contributed by atoms with Gasteiger partial charge in [-0.05, 0) is 44.5 Å². The number of carbonyl (C=O) groups excluding carboxylic acids is 1. The molecule has 0 saturated carbocycles. The largest absolute Gasteiger partial charge is 0.348 e. The third kappa shape index (κ3) is 4.32. The van der Waals surface area contributed by atoms with Crippen LogP contribution in [0.1, 0.15) is 34.2 Å². The molecule has 0 fully saturated rings. The van der Waals surface area contributed by atoms with Crippen LogP contribution in [0, 0.1) is 13.8 Å². The molecule has 0 saturated heterocycles. The molecule has 0 radical (unpaired) electrons. The Hall–Kier alpha value is -2.96. The first-order valence-corrected chi connectivity index (χ1v) is 8.24. The van der Waals surface area contributed by atoms with E-state index in [1.165, 1.54) is 6.33 Å². The summed E-state index contributed by atoms with van der Waals surface area (Å²) in [5.41, 5.74) is 3.79. The number of amides is 1. The predicted octanol–water partition coefficient (Wildman–Crippen LogP) is 1.96. The number of benzene rings is 1. The molecule has 1 amide bonds. The van der Waals surface area contributed by atoms with Crippen LogP contribution >= 0.6 is 0 Å². The molecule has 0 aliphatic carbocycles. The van der Waals surface area contributed by atoms with Crippen LogP contribution in [0.5, 0.6) is 0 Å². The summed E-state index contributed by atoms with van der Waals surface area (Å²) >= 11 is 0. The SMILES string of the molecule is Cc1cc(C)n(Cc2cccc(C(=O)N[C@H](C)Cn3cncn3)c2)n1. The highest BCUT2D eigenvalue weighted by Crippen LogP contribution is 2.10. The molecular formula is C18H22N6O. The van der Waals surface area contributed by atoms with E-state index in [-0.39, 0.29) is 11.9 Å². The molecule has 25 heavy (non-hydrogen) atoms. The second-order valence-electron chi connectivity index (χ2n) is 6.28. The van der Waals surface area contributed by atoms with Crippen molar-refractivity contribution in [3.8, 4) is 0 Å². The third-order valence-corrected chi connectivity index (χ3v) is 3.93. The summed E-state index contributed by atoms with van der Waals surface area (Å²) in [5, 5.41) is 11.5. The zero-order valence-electron chi connectivity index (χ0n) is 14.7. The first-order valence-electron chi connectivity index (χ1n) is 8.24. The molecule has 2 heterocycles. The first-order chi connectivity index (χ1) is 12.0. The highest BCUT2D eigenvalue weighted by Gasteiger charge is 2.11. The predicted molar refractivity (Wildman–Crippen MR) is 94.2 cm³/mol. The molecule has 3 aromatic rings. The Morgan fingerprint density at radius 1 is 1.28 bits per heavy atom. The smallest absolute Gasteiger partial charge is 0.251 e. The van der Waals surface area contributed by atoms with Crippen molar-refractivity contribution in [3.05, 3.63) is 65.5 Å². The maximum Gasteiger partial charge on any atom is 0.251 e. The van der Waals surface area contributed by atoms with Crippen molar-refractivity contribution >= 4 is 5.91 Å². The Kier molecular flexibility index (Phi) is 4.92. The minimum absolute atomic E-state index is 0.0473. The highest BCUT2D eigenvalue weighted by molar-refractivity contribution is 5.94. The van der Waals surface area contributed by atoms with Gasteiger partial charge in [0.1, 0.15) is 12.7 Å². The zero-order chi connectivity index (χ0) is 17.8. The van der Waals surface area contributed by atoms with Gasteiger partial charge in [-0.15, -0.1) is 0 Å². The van der Waals surface area contributed by atoms with Gasteiger partial charge >= 0.3 is 0 Å². The van der Waals surface area contributed by atoms with E-state index in [1.54, 1.807) is 11.0 Å². The molecule has 0 aliphatic heterocycles. The molecular weight excluding hydrogens is 316 g/mol. The van der Waals surface area contributed by atoms with Crippen molar-refractivity contribution in [2.24, 2.45) is 0 Å². The van der Waals surface area contributed by atoms with Crippen LogP contribution in [0.3, 0.4) is 0 Å². The number of aryl methyl sites for hydroxylation is 2. The van der Waals surface area contributed by atoms with E-state index < -0.39 is 0 Å². The number of carbonyl (C=O) groups is 1. The summed E-state index contributed by atoms with van der Waals surface area (Å²) in [6, 6.07) is 9.64. The highest BCUT2D eigenvalue weighted by atomic mass is 16.1. The van der Waals surface area contributed by atoms with Gasteiger partial charge in [0, 0.05) is 17.3 Å². The molecule has 1 atom stereocenters. The van der Waals surface area contributed by atoms with Gasteiger partial charge in [-0.1, -0.05) is 12.1 Å². The molecule has 0 bridgehead atoms. The number of hydrogen-bond acceptors (Lipinski definition) is 4. The van der Waals surface area contributed by atoms with Crippen molar-refractivity contribution in [2.75, 3.05) is 0 Å². The lowest BCUT2D eigenvalue weighted by Gasteiger charge is -2.14. The fourth-order valence-electron chi connectivity index (χ4n) is 2.78. The van der Waals surface area contributed by atoms with E-state index >= 15 is 0 Å². The lowest BCUT2D eigenvalue weighted by Crippen LogP contribution is -2.35. The van der Waals surface area contributed by atoms with E-state index in [0.29, 0.717) is 18.7 Å². The van der Waals surface area contributed by atoms with Crippen LogP contribution in [-0.4, -0.2) is 36.5 Å². The number of nitrogens with zero attached hydrogens (tertiary/aromatic N) is 5. The van der Waals surface area contributed by atoms with E-state index in [0.717, 1.165) is 17.0 Å². The van der Waals surface area contributed by atoms with Crippen molar-refractivity contribution in [2.45, 2.75) is 39.9 Å². The summed E-state index contributed by atoms with van der Waals surface area (Å²) in [5.74, 6) is -0.0946. The number of nitrogens with one attached hydrogen (secondary N) is 1. The molecule has 0 spiro atoms. The summed E-state index contributed by atoms with van der Waals surface area (Å²) in [4.78, 5) is 16.4. The van der Waals surface area contributed by atoms with Gasteiger partial charge in [-0.2, -0.15) is 10.2 Å². The molecule has 7 heteroatoms. The van der Waals surface area contributed by atoms with E-state index in [1.807, 2.05) is 55.8 Å². The van der Waals surface area contributed by atoms with Gasteiger partial charge < -0.3 is 5.32 Å². The van der Waals surface area contributed by atoms with Crippen LogP contribution in [0.4, 0.5) is 0 Å². The Morgan fingerprint density at radius 3 is 2.80 bits per heavy atom. The van der Waals surface area contributed by atoms with Gasteiger partial charge in [0.25, 0.3) is 5.91 Å². The summed E-state index contributed by atoms with van der Waals surface area (Å²) in [6.07, 6.45) is 3.12. The molecule has 3 rings (SSSR count). The Balaban J connectivity index is 1.66. The quantitative estimate of drug-likeness (QED) is 0.745. The molecule has 0 unspecified atom stereocenters. The number of hydrogen-bond donors (Lipinski definition) is 1. The molecule has 1 N–H and O–H groups in total. The standard InChI is InChI=1S/C18H22N6O/c1-13-7-15(3)24(22-13)10-16-5-4-6-17(8-16)18(25)21-14(2)9-23-12-19-11-20-23/h4-8,11-12,14H,9-10H2,1-3H3,(H,21,25)/t14-/m1/s1. The van der Waals surface area contributed by atoms with E-state index in [9.17, 15) is 4.79 Å². The maximum absolute atomic E-state index is 12.5. The zero-order valence-corrected chi connectivity index (χ0v) is 14.7. The van der Waals surface area contributed by atoms with Crippen LogP contribution in [-0.2, 0) is 13.1 Å². The van der Waals surface area contributed by atoms with Gasteiger partial charge in [0.15, 0.2) is 0 Å². The Morgan fingerprint density at radius 2 is 2.12 bits per heavy atom. The lowest BCUT2D eigenvalue weighted by atomic mass is 10.1. The minimum Gasteiger partial charge on any atom is -0.348 e. The maximum atomic E-state index is 12.5. The summed E-state index contributed by atoms with van der Waals surface area (Å²) in [6.45, 7) is 7.18. The van der Waals surface area contributed by atoms with Crippen LogP contribution < -0.4 is 5.32 Å². The van der Waals surface area contributed by atoms with E-state index in [2.05, 4.69) is 20.5 Å². The van der Waals surface area contributed by atoms with Gasteiger partial charge in [-0.25, -0.2) is 4.98 Å². The van der Waals surface area contributed by atoms with Crippen molar-refractivity contribution in [1.29, 1.82) is 0 Å². The van der Waals surface area contributed by atoms with Gasteiger partial charge in [0.2, 0.25) is 0 Å². The summed E-state index contributed by atoms with van der Waals surface area (Å²) < 4.78 is 3.64. The van der Waals surface area contributed by atoms with Crippen LogP contribution in [0.25, 0.3) is 0 Å². The third-order valence-electron chi connectivity index (χ3n) is 3.93. The average Bonchev–Trinajstić information content (AvgIpc) is 3.17. The van der Waals surface area contributed by atoms with Crippen molar-refractivity contribution in [3.63, 3.8) is 0 Å². The molecule has 0 aliphatic rings. The second kappa shape index (κ2) is 7.29. The minimum atomic E-state index is -0.0946.